The van der Waals surface area contributed by atoms with E-state index in [1.165, 1.54) is 23.6 Å². The largest absolute Gasteiger partial charge is 0.495 e. The number of methoxy groups -OCH3 is 1. The zero-order valence-corrected chi connectivity index (χ0v) is 18.6. The molecule has 30 heavy (non-hydrogen) atoms. The van der Waals surface area contributed by atoms with E-state index in [4.69, 9.17) is 16.3 Å². The Hall–Kier alpha value is -2.35. The Morgan fingerprint density at radius 3 is 2.53 bits per heavy atom. The Kier molecular flexibility index (Phi) is 7.18. The van der Waals surface area contributed by atoms with Crippen molar-refractivity contribution in [1.82, 2.24) is 4.31 Å². The summed E-state index contributed by atoms with van der Waals surface area (Å²) in [5, 5.41) is 3.17. The molecular formula is C22H25ClN2O4S. The van der Waals surface area contributed by atoms with Crippen LogP contribution < -0.4 is 10.1 Å². The van der Waals surface area contributed by atoms with Crippen molar-refractivity contribution in [3.8, 4) is 5.75 Å². The van der Waals surface area contributed by atoms with Crippen molar-refractivity contribution in [3.05, 3.63) is 58.6 Å². The van der Waals surface area contributed by atoms with Crippen LogP contribution in [0.15, 0.2) is 47.4 Å². The number of amides is 1. The predicted molar refractivity (Wildman–Crippen MR) is 119 cm³/mol. The Labute approximate surface area is 182 Å². The molecule has 6 nitrogen and oxygen atoms in total. The number of aryl methyl sites for hydroxylation is 1. The zero-order valence-electron chi connectivity index (χ0n) is 17.0. The average Bonchev–Trinajstić information content (AvgIpc) is 2.74. The first kappa shape index (κ1) is 22.3. The molecule has 0 aliphatic carbocycles. The summed E-state index contributed by atoms with van der Waals surface area (Å²) in [7, 11) is -2.22. The molecule has 3 rings (SSSR count). The molecule has 1 aliphatic rings. The normalized spacial score (nSPS) is 15.3. The van der Waals surface area contributed by atoms with Crippen molar-refractivity contribution in [3.63, 3.8) is 0 Å². The van der Waals surface area contributed by atoms with E-state index in [2.05, 4.69) is 5.32 Å². The minimum absolute atomic E-state index is 0.107. The summed E-state index contributed by atoms with van der Waals surface area (Å²) in [6.45, 7) is 2.92. The topological polar surface area (TPSA) is 75.7 Å². The van der Waals surface area contributed by atoms with Gasteiger partial charge in [0.1, 0.15) is 10.6 Å². The number of hydrogen-bond donors (Lipinski definition) is 1. The molecule has 2 aromatic carbocycles. The minimum atomic E-state index is -3.67. The highest BCUT2D eigenvalue weighted by Crippen LogP contribution is 2.30. The third-order valence-corrected chi connectivity index (χ3v) is 7.16. The number of piperidine rings is 1. The SMILES string of the molecule is COc1ccc(/C=C/C(=O)Nc2ccc(C)cc2Cl)cc1S(=O)(=O)N1CCCCC1. The molecule has 0 aromatic heterocycles. The van der Waals surface area contributed by atoms with Crippen LogP contribution >= 0.6 is 11.6 Å². The number of nitrogens with one attached hydrogen (secondary N) is 1. The van der Waals surface area contributed by atoms with Gasteiger partial charge < -0.3 is 10.1 Å². The van der Waals surface area contributed by atoms with Crippen molar-refractivity contribution < 1.29 is 17.9 Å². The summed E-state index contributed by atoms with van der Waals surface area (Å²) in [5.74, 6) is -0.0781. The van der Waals surface area contributed by atoms with Crippen LogP contribution in [-0.2, 0) is 14.8 Å². The van der Waals surface area contributed by atoms with Gasteiger partial charge in [0.05, 0.1) is 17.8 Å². The smallest absolute Gasteiger partial charge is 0.248 e. The van der Waals surface area contributed by atoms with E-state index in [-0.39, 0.29) is 16.6 Å². The quantitative estimate of drug-likeness (QED) is 0.661. The second-order valence-electron chi connectivity index (χ2n) is 7.18. The van der Waals surface area contributed by atoms with Crippen LogP contribution in [0.4, 0.5) is 5.69 Å². The molecule has 160 valence electrons. The molecule has 0 unspecified atom stereocenters. The number of rotatable bonds is 6. The molecule has 0 spiro atoms. The highest BCUT2D eigenvalue weighted by atomic mass is 35.5. The van der Waals surface area contributed by atoms with Crippen LogP contribution in [0.2, 0.25) is 5.02 Å². The molecule has 8 heteroatoms. The molecular weight excluding hydrogens is 424 g/mol. The van der Waals surface area contributed by atoms with Gasteiger partial charge in [-0.1, -0.05) is 30.2 Å². The van der Waals surface area contributed by atoms with Crippen LogP contribution in [0.5, 0.6) is 5.75 Å². The first-order chi connectivity index (χ1) is 14.3. The number of carbonyl (C=O) groups excluding carboxylic acids is 1. The van der Waals surface area contributed by atoms with Gasteiger partial charge in [-0.2, -0.15) is 4.31 Å². The summed E-state index contributed by atoms with van der Waals surface area (Å²) >= 11 is 6.14. The maximum absolute atomic E-state index is 13.1. The third-order valence-electron chi connectivity index (χ3n) is 4.93. The lowest BCUT2D eigenvalue weighted by molar-refractivity contribution is -0.111. The Morgan fingerprint density at radius 1 is 1.13 bits per heavy atom. The van der Waals surface area contributed by atoms with Crippen molar-refractivity contribution in [2.45, 2.75) is 31.1 Å². The molecule has 1 N–H and O–H groups in total. The molecule has 1 heterocycles. The summed E-state index contributed by atoms with van der Waals surface area (Å²) in [4.78, 5) is 12.4. The number of nitrogens with zero attached hydrogens (tertiary/aromatic N) is 1. The highest BCUT2D eigenvalue weighted by Gasteiger charge is 2.29. The van der Waals surface area contributed by atoms with Crippen LogP contribution in [-0.4, -0.2) is 38.8 Å². The van der Waals surface area contributed by atoms with Gasteiger partial charge in [-0.15, -0.1) is 0 Å². The second kappa shape index (κ2) is 9.64. The molecule has 2 aromatic rings. The predicted octanol–water partition coefficient (Wildman–Crippen LogP) is 4.48. The van der Waals surface area contributed by atoms with Gasteiger partial charge in [0.25, 0.3) is 0 Å². The van der Waals surface area contributed by atoms with E-state index in [0.717, 1.165) is 24.8 Å². The van der Waals surface area contributed by atoms with Crippen LogP contribution in [0.3, 0.4) is 0 Å². The van der Waals surface area contributed by atoms with Gasteiger partial charge in [-0.25, -0.2) is 8.42 Å². The van der Waals surface area contributed by atoms with Crippen molar-refractivity contribution >= 4 is 39.3 Å². The fourth-order valence-electron chi connectivity index (χ4n) is 3.31. The van der Waals surface area contributed by atoms with Gasteiger partial charge in [-0.05, 0) is 61.2 Å². The van der Waals surface area contributed by atoms with E-state index in [1.807, 2.05) is 13.0 Å². The van der Waals surface area contributed by atoms with E-state index in [0.29, 0.717) is 29.4 Å². The van der Waals surface area contributed by atoms with E-state index >= 15 is 0 Å². The van der Waals surface area contributed by atoms with Gasteiger partial charge >= 0.3 is 0 Å². The fourth-order valence-corrected chi connectivity index (χ4v) is 5.30. The van der Waals surface area contributed by atoms with Gasteiger partial charge in [0.2, 0.25) is 15.9 Å². The summed E-state index contributed by atoms with van der Waals surface area (Å²) in [5.41, 5.74) is 2.09. The fraction of sp³-hybridized carbons (Fsp3) is 0.318. The molecule has 0 saturated carbocycles. The molecule has 1 fully saturated rings. The number of carbonyl (C=O) groups is 1. The van der Waals surface area contributed by atoms with E-state index in [1.54, 1.807) is 30.3 Å². The van der Waals surface area contributed by atoms with Crippen molar-refractivity contribution in [2.24, 2.45) is 0 Å². The zero-order chi connectivity index (χ0) is 21.7. The lowest BCUT2D eigenvalue weighted by atomic mass is 10.2. The highest BCUT2D eigenvalue weighted by molar-refractivity contribution is 7.89. The molecule has 0 atom stereocenters. The summed E-state index contributed by atoms with van der Waals surface area (Å²) < 4.78 is 33.0. The Morgan fingerprint density at radius 2 is 1.87 bits per heavy atom. The maximum atomic E-state index is 13.1. The van der Waals surface area contributed by atoms with Crippen molar-refractivity contribution in [1.29, 1.82) is 0 Å². The lowest BCUT2D eigenvalue weighted by Gasteiger charge is -2.26. The number of hydrogen-bond acceptors (Lipinski definition) is 4. The molecule has 1 amide bonds. The number of anilines is 1. The van der Waals surface area contributed by atoms with Crippen LogP contribution in [0.1, 0.15) is 30.4 Å². The van der Waals surface area contributed by atoms with E-state index in [9.17, 15) is 13.2 Å². The summed E-state index contributed by atoms with van der Waals surface area (Å²) in [6, 6.07) is 10.2. The van der Waals surface area contributed by atoms with Gasteiger partial charge in [0.15, 0.2) is 0 Å². The van der Waals surface area contributed by atoms with Crippen LogP contribution in [0, 0.1) is 6.92 Å². The van der Waals surface area contributed by atoms with Gasteiger partial charge in [-0.3, -0.25) is 4.79 Å². The first-order valence-corrected chi connectivity index (χ1v) is 11.6. The van der Waals surface area contributed by atoms with Crippen LogP contribution in [0.25, 0.3) is 6.08 Å². The molecule has 0 bridgehead atoms. The Balaban J connectivity index is 1.81. The molecule has 0 radical (unpaired) electrons. The molecule has 1 aliphatic heterocycles. The number of benzene rings is 2. The third kappa shape index (κ3) is 5.22. The lowest BCUT2D eigenvalue weighted by Crippen LogP contribution is -2.35. The van der Waals surface area contributed by atoms with E-state index < -0.39 is 10.0 Å². The Bertz CT molecular complexity index is 1060. The average molecular weight is 449 g/mol. The van der Waals surface area contributed by atoms with Gasteiger partial charge in [0, 0.05) is 19.2 Å². The second-order valence-corrected chi connectivity index (χ2v) is 9.49. The number of halogens is 1. The maximum Gasteiger partial charge on any atom is 0.248 e. The van der Waals surface area contributed by atoms with Crippen molar-refractivity contribution in [2.75, 3.05) is 25.5 Å². The standard InChI is InChI=1S/C22H25ClN2O4S/c1-16-6-9-19(18(23)14-16)24-22(26)11-8-17-7-10-20(29-2)21(15-17)30(27,28)25-12-4-3-5-13-25/h6-11,14-15H,3-5,12-13H2,1-2H3,(H,24,26)/b11-8+. The number of sulfonamides is 1. The first-order valence-electron chi connectivity index (χ1n) is 9.74. The monoisotopic (exact) mass is 448 g/mol. The minimum Gasteiger partial charge on any atom is -0.495 e. The number of ether oxygens (including phenoxy) is 1. The summed E-state index contributed by atoms with van der Waals surface area (Å²) in [6.07, 6.45) is 5.64. The molecule has 1 saturated heterocycles.